The lowest BCUT2D eigenvalue weighted by Gasteiger charge is -1.96. The van der Waals surface area contributed by atoms with Gasteiger partial charge in [0.15, 0.2) is 0 Å². The second-order valence-corrected chi connectivity index (χ2v) is 4.20. The van der Waals surface area contributed by atoms with Crippen molar-refractivity contribution >= 4 is 8.03 Å². The van der Waals surface area contributed by atoms with Gasteiger partial charge in [0, 0.05) is 5.56 Å². The van der Waals surface area contributed by atoms with Gasteiger partial charge in [0.1, 0.15) is 6.10 Å². The van der Waals surface area contributed by atoms with Crippen LogP contribution in [0.25, 0.3) is 0 Å². The molecular weight excluding hydrogens is 247 g/mol. The summed E-state index contributed by atoms with van der Waals surface area (Å²) in [4.78, 5) is 8.53. The fourth-order valence-corrected chi connectivity index (χ4v) is 1.24. The van der Waals surface area contributed by atoms with Gasteiger partial charge in [0.25, 0.3) is 0 Å². The molecule has 5 N–H and O–H groups in total. The topological polar surface area (TPSA) is 118 Å². The molecule has 0 bridgehead atoms. The van der Waals surface area contributed by atoms with Crippen molar-refractivity contribution in [2.75, 3.05) is 13.2 Å². The molecule has 96 valence electrons. The summed E-state index contributed by atoms with van der Waals surface area (Å²) in [6, 6.07) is 8.40. The summed E-state index contributed by atoms with van der Waals surface area (Å²) in [5, 5.41) is 33.1. The first kappa shape index (κ1) is 16.1. The van der Waals surface area contributed by atoms with Gasteiger partial charge in [-0.2, -0.15) is 4.89 Å². The van der Waals surface area contributed by atoms with E-state index in [1.165, 1.54) is 0 Å². The zero-order chi connectivity index (χ0) is 13.3. The Morgan fingerprint density at radius 2 is 1.53 bits per heavy atom. The second kappa shape index (κ2) is 9.18. The monoisotopic (exact) mass is 263 g/mol. The molecule has 6 nitrogen and oxygen atoms in total. The van der Waals surface area contributed by atoms with Crippen molar-refractivity contribution in [2.45, 2.75) is 11.9 Å². The van der Waals surface area contributed by atoms with Crippen LogP contribution in [-0.2, 0) is 4.57 Å². The number of hydrogen-bond donors (Lipinski definition) is 5. The fraction of sp³-hybridized carbons (Fsp3) is 0.400. The van der Waals surface area contributed by atoms with Crippen LogP contribution in [0.15, 0.2) is 30.3 Å². The van der Waals surface area contributed by atoms with E-state index in [1.807, 2.05) is 0 Å². The smallest absolute Gasteiger partial charge is 0.394 e. The predicted molar refractivity (Wildman–Crippen MR) is 61.4 cm³/mol. The molecule has 17 heavy (non-hydrogen) atoms. The molecule has 0 fully saturated rings. The molecular formula is C10H16O6P+. The van der Waals surface area contributed by atoms with Gasteiger partial charge in [0.05, 0.1) is 13.2 Å². The van der Waals surface area contributed by atoms with E-state index < -0.39 is 20.0 Å². The predicted octanol–water partition coefficient (Wildman–Crippen LogP) is -0.256. The minimum absolute atomic E-state index is 0.365. The molecule has 0 radical (unpaired) electrons. The summed E-state index contributed by atoms with van der Waals surface area (Å²) in [7, 11) is -2.53. The van der Waals surface area contributed by atoms with Crippen LogP contribution in [0.5, 0.6) is 0 Å². The Kier molecular flexibility index (Phi) is 8.71. The molecule has 0 aliphatic rings. The maximum absolute atomic E-state index is 10.4. The molecule has 0 aromatic heterocycles. The van der Waals surface area contributed by atoms with Gasteiger partial charge in [-0.3, -0.25) is 0 Å². The molecule has 1 rings (SSSR count). The Balaban J connectivity index is 0.000000366. The van der Waals surface area contributed by atoms with E-state index in [1.54, 1.807) is 30.3 Å². The van der Waals surface area contributed by atoms with Crippen molar-refractivity contribution in [3.8, 4) is 0 Å². The van der Waals surface area contributed by atoms with Crippen molar-refractivity contribution in [1.29, 1.82) is 0 Å². The zero-order valence-corrected chi connectivity index (χ0v) is 9.94. The Morgan fingerprint density at radius 3 is 1.82 bits per heavy atom. The van der Waals surface area contributed by atoms with Gasteiger partial charge in [-0.05, 0) is 4.57 Å². The summed E-state index contributed by atoms with van der Waals surface area (Å²) in [6.07, 6.45) is -0.954. The Hall–Kier alpha value is -0.880. The minimum atomic E-state index is -2.53. The summed E-state index contributed by atoms with van der Waals surface area (Å²) in [5.74, 6) is -1.26. The highest BCUT2D eigenvalue weighted by Gasteiger charge is 2.27. The number of benzene rings is 1. The van der Waals surface area contributed by atoms with Gasteiger partial charge >= 0.3 is 13.9 Å². The van der Waals surface area contributed by atoms with Gasteiger partial charge in [-0.15, -0.1) is 0 Å². The van der Waals surface area contributed by atoms with Gasteiger partial charge in [0.2, 0.25) is 0 Å². The van der Waals surface area contributed by atoms with Crippen LogP contribution in [0.1, 0.15) is 11.4 Å². The van der Waals surface area contributed by atoms with Crippen LogP contribution >= 0.6 is 8.03 Å². The van der Waals surface area contributed by atoms with Crippen LogP contribution in [0.2, 0.25) is 0 Å². The lowest BCUT2D eigenvalue weighted by atomic mass is 10.2. The first-order valence-corrected chi connectivity index (χ1v) is 6.09. The molecule has 2 unspecified atom stereocenters. The van der Waals surface area contributed by atoms with Crippen molar-refractivity contribution < 1.29 is 29.9 Å². The Labute approximate surface area is 99.7 Å². The van der Waals surface area contributed by atoms with E-state index in [4.69, 9.17) is 25.3 Å². The third-order valence-electron chi connectivity index (χ3n) is 1.73. The third kappa shape index (κ3) is 7.12. The van der Waals surface area contributed by atoms with Gasteiger partial charge in [-0.1, -0.05) is 30.3 Å². The molecule has 7 heteroatoms. The van der Waals surface area contributed by atoms with Crippen molar-refractivity contribution in [3.63, 3.8) is 0 Å². The number of rotatable bonds is 4. The molecule has 0 spiro atoms. The van der Waals surface area contributed by atoms with E-state index in [0.29, 0.717) is 5.56 Å². The fourth-order valence-electron chi connectivity index (χ4n) is 0.810. The summed E-state index contributed by atoms with van der Waals surface area (Å²) in [5.41, 5.74) is 0.469. The van der Waals surface area contributed by atoms with E-state index in [2.05, 4.69) is 0 Å². The molecule has 1 aromatic rings. The average Bonchev–Trinajstić information content (AvgIpc) is 2.38. The highest BCUT2D eigenvalue weighted by atomic mass is 31.1. The van der Waals surface area contributed by atoms with E-state index in [9.17, 15) is 4.57 Å². The highest BCUT2D eigenvalue weighted by Crippen LogP contribution is 2.34. The van der Waals surface area contributed by atoms with Gasteiger partial charge < -0.3 is 20.4 Å². The molecule has 0 aliphatic carbocycles. The maximum Gasteiger partial charge on any atom is 0.542 e. The summed E-state index contributed by atoms with van der Waals surface area (Å²) in [6.45, 7) is -0.729. The number of aliphatic hydroxyl groups excluding tert-OH is 4. The molecule has 0 saturated heterocycles. The lowest BCUT2D eigenvalue weighted by molar-refractivity contribution is 0.0450. The standard InChI is InChI=1S/C7H7O3P.C3H8O3/c8-7(11(9)10)6-4-2-1-3-5-6;4-1-3(6)2-5/h1-5,7-8H;3-6H,1-2H2/p+1. The molecule has 0 saturated carbocycles. The Bertz CT molecular complexity index is 314. The highest BCUT2D eigenvalue weighted by molar-refractivity contribution is 7.38. The lowest BCUT2D eigenvalue weighted by Crippen LogP contribution is -2.15. The Morgan fingerprint density at radius 1 is 1.06 bits per heavy atom. The number of hydrogen-bond acceptors (Lipinski definition) is 5. The van der Waals surface area contributed by atoms with Crippen LogP contribution in [0.3, 0.4) is 0 Å². The first-order chi connectivity index (χ1) is 8.02. The quantitative estimate of drug-likeness (QED) is 0.478. The first-order valence-electron chi connectivity index (χ1n) is 4.81. The largest absolute Gasteiger partial charge is 0.542 e. The number of aliphatic hydroxyl groups is 4. The van der Waals surface area contributed by atoms with Crippen LogP contribution in [0.4, 0.5) is 0 Å². The van der Waals surface area contributed by atoms with Gasteiger partial charge in [-0.25, -0.2) is 0 Å². The van der Waals surface area contributed by atoms with Crippen molar-refractivity contribution in [1.82, 2.24) is 0 Å². The molecule has 0 amide bonds. The summed E-state index contributed by atoms with van der Waals surface area (Å²) >= 11 is 0. The van der Waals surface area contributed by atoms with E-state index in [-0.39, 0.29) is 13.2 Å². The summed E-state index contributed by atoms with van der Waals surface area (Å²) < 4.78 is 10.4. The van der Waals surface area contributed by atoms with Crippen LogP contribution < -0.4 is 0 Å². The molecule has 0 aliphatic heterocycles. The van der Waals surface area contributed by atoms with Crippen LogP contribution in [-0.4, -0.2) is 44.6 Å². The SMILES string of the molecule is O=[P+](O)C(O)c1ccccc1.OCC(O)CO. The third-order valence-corrected chi connectivity index (χ3v) is 2.45. The molecule has 2 atom stereocenters. The van der Waals surface area contributed by atoms with Crippen molar-refractivity contribution in [3.05, 3.63) is 35.9 Å². The second-order valence-electron chi connectivity index (χ2n) is 3.11. The molecule has 1 aromatic carbocycles. The minimum Gasteiger partial charge on any atom is -0.394 e. The van der Waals surface area contributed by atoms with Crippen molar-refractivity contribution in [2.24, 2.45) is 0 Å². The normalized spacial score (nSPS) is 12.7. The van der Waals surface area contributed by atoms with E-state index >= 15 is 0 Å². The maximum atomic E-state index is 10.4. The van der Waals surface area contributed by atoms with E-state index in [0.717, 1.165) is 0 Å². The zero-order valence-electron chi connectivity index (χ0n) is 9.05. The average molecular weight is 263 g/mol. The van der Waals surface area contributed by atoms with Crippen LogP contribution in [0, 0.1) is 0 Å². The molecule has 0 heterocycles.